The molecule has 0 aromatic heterocycles. The molecule has 4 aromatic carbocycles. The van der Waals surface area contributed by atoms with Crippen molar-refractivity contribution in [2.45, 2.75) is 9.79 Å². The van der Waals surface area contributed by atoms with Crippen LogP contribution in [0.4, 0.5) is 11.4 Å². The van der Waals surface area contributed by atoms with E-state index >= 15 is 0 Å². The molecule has 6 N–H and O–H groups in total. The Hall–Kier alpha value is -4.76. The molecule has 12 nitrogen and oxygen atoms in total. The zero-order chi connectivity index (χ0) is 29.0. The maximum absolute atomic E-state index is 14.0. The van der Waals surface area contributed by atoms with E-state index in [4.69, 9.17) is 20.9 Å². The van der Waals surface area contributed by atoms with Crippen molar-refractivity contribution in [2.24, 2.45) is 0 Å². The largest absolute Gasteiger partial charge is 0.453 e. The van der Waals surface area contributed by atoms with Gasteiger partial charge < -0.3 is 20.9 Å². The van der Waals surface area contributed by atoms with Gasteiger partial charge in [-0.05, 0) is 36.4 Å². The standard InChI is InChI=1S/C26H18N2O10S2/c27-16-12-11-15-17(20(16)28)22(30)18-19(21(15)29)25(39(31,32)33)26(40(34,35)36)24(38-14-9-5-2-6-10-14)23(18)37-13-7-3-1-4-8-13/h1-12H,27-28H2,(H,31,32,33)(H,34,35,36). The molecule has 0 unspecified atom stereocenters. The molecule has 0 amide bonds. The Morgan fingerprint density at radius 3 is 1.57 bits per heavy atom. The van der Waals surface area contributed by atoms with Gasteiger partial charge in [0.05, 0.1) is 28.1 Å². The zero-order valence-corrected chi connectivity index (χ0v) is 21.7. The molecular formula is C26H18N2O10S2. The van der Waals surface area contributed by atoms with E-state index in [1.54, 1.807) is 12.1 Å². The van der Waals surface area contributed by atoms with Crippen molar-refractivity contribution in [3.05, 3.63) is 95.1 Å². The summed E-state index contributed by atoms with van der Waals surface area (Å²) in [5.74, 6) is -4.09. The van der Waals surface area contributed by atoms with Crippen LogP contribution in [0.5, 0.6) is 23.0 Å². The Balaban J connectivity index is 2.02. The number of hydrogen-bond donors (Lipinski definition) is 4. The normalized spacial score (nSPS) is 12.9. The third kappa shape index (κ3) is 4.44. The van der Waals surface area contributed by atoms with Crippen LogP contribution in [0.2, 0.25) is 0 Å². The number of ether oxygens (including phenoxy) is 2. The molecule has 0 bridgehead atoms. The highest BCUT2D eigenvalue weighted by molar-refractivity contribution is 7.89. The van der Waals surface area contributed by atoms with Crippen molar-refractivity contribution in [2.75, 3.05) is 11.5 Å². The fourth-order valence-electron chi connectivity index (χ4n) is 4.31. The van der Waals surface area contributed by atoms with E-state index in [1.807, 2.05) is 0 Å². The molecular weight excluding hydrogens is 564 g/mol. The Morgan fingerprint density at radius 2 is 1.07 bits per heavy atom. The highest BCUT2D eigenvalue weighted by Crippen LogP contribution is 2.51. The second-order valence-corrected chi connectivity index (χ2v) is 11.2. The van der Waals surface area contributed by atoms with E-state index < -0.39 is 75.3 Å². The minimum absolute atomic E-state index is 0.00935. The average Bonchev–Trinajstić information content (AvgIpc) is 2.89. The molecule has 204 valence electrons. The van der Waals surface area contributed by atoms with Gasteiger partial charge in [0.1, 0.15) is 16.4 Å². The number of hydrogen-bond acceptors (Lipinski definition) is 10. The molecule has 1 aliphatic carbocycles. The lowest BCUT2D eigenvalue weighted by Crippen LogP contribution is -2.28. The molecule has 4 aromatic rings. The average molecular weight is 583 g/mol. The molecule has 1 aliphatic rings. The van der Waals surface area contributed by atoms with Crippen LogP contribution in [0.1, 0.15) is 31.8 Å². The SMILES string of the molecule is Nc1ccc2c(c1N)C(=O)c1c(Oc3ccccc3)c(Oc3ccccc3)c(S(=O)(=O)O)c(S(=O)(=O)O)c1C2=O. The van der Waals surface area contributed by atoms with Gasteiger partial charge in [-0.3, -0.25) is 18.7 Å². The van der Waals surface area contributed by atoms with Crippen LogP contribution in [0.3, 0.4) is 0 Å². The van der Waals surface area contributed by atoms with Crippen molar-refractivity contribution in [1.29, 1.82) is 0 Å². The van der Waals surface area contributed by atoms with Crippen LogP contribution in [0.25, 0.3) is 0 Å². The second-order valence-electron chi connectivity index (χ2n) is 8.50. The maximum atomic E-state index is 14.0. The van der Waals surface area contributed by atoms with E-state index in [-0.39, 0.29) is 22.9 Å². The van der Waals surface area contributed by atoms with E-state index in [0.29, 0.717) is 0 Å². The zero-order valence-electron chi connectivity index (χ0n) is 20.1. The molecule has 0 saturated carbocycles. The summed E-state index contributed by atoms with van der Waals surface area (Å²) in [6, 6.07) is 17.1. The molecule has 0 fully saturated rings. The minimum Gasteiger partial charge on any atom is -0.453 e. The summed E-state index contributed by atoms with van der Waals surface area (Å²) in [7, 11) is -11.2. The van der Waals surface area contributed by atoms with E-state index in [1.165, 1.54) is 54.6 Å². The van der Waals surface area contributed by atoms with Crippen LogP contribution < -0.4 is 20.9 Å². The number of para-hydroxylation sites is 2. The van der Waals surface area contributed by atoms with Gasteiger partial charge in [-0.15, -0.1) is 0 Å². The highest BCUT2D eigenvalue weighted by atomic mass is 32.2. The lowest BCUT2D eigenvalue weighted by molar-refractivity contribution is 0.0974. The highest BCUT2D eigenvalue weighted by Gasteiger charge is 2.46. The molecule has 0 heterocycles. The minimum atomic E-state index is -5.64. The molecule has 0 saturated heterocycles. The van der Waals surface area contributed by atoms with Crippen LogP contribution >= 0.6 is 0 Å². The van der Waals surface area contributed by atoms with Gasteiger partial charge in [0, 0.05) is 5.56 Å². The Bertz CT molecular complexity index is 1940. The second kappa shape index (κ2) is 9.46. The number of ketones is 2. The van der Waals surface area contributed by atoms with Gasteiger partial charge in [-0.2, -0.15) is 16.8 Å². The van der Waals surface area contributed by atoms with Crippen LogP contribution in [0, 0.1) is 0 Å². The van der Waals surface area contributed by atoms with E-state index in [2.05, 4.69) is 0 Å². The molecule has 40 heavy (non-hydrogen) atoms. The summed E-state index contributed by atoms with van der Waals surface area (Å²) in [4.78, 5) is 24.6. The Morgan fingerprint density at radius 1 is 0.575 bits per heavy atom. The topological polar surface area (TPSA) is 213 Å². The monoisotopic (exact) mass is 582 g/mol. The predicted octanol–water partition coefficient (Wildman–Crippen LogP) is 3.70. The van der Waals surface area contributed by atoms with E-state index in [0.717, 1.165) is 6.07 Å². The van der Waals surface area contributed by atoms with Gasteiger partial charge in [-0.1, -0.05) is 36.4 Å². The molecule has 0 aliphatic heterocycles. The number of nitrogens with two attached hydrogens (primary N) is 2. The van der Waals surface area contributed by atoms with Crippen LogP contribution in [-0.4, -0.2) is 37.5 Å². The lowest BCUT2D eigenvalue weighted by atomic mass is 9.82. The first-order valence-electron chi connectivity index (χ1n) is 11.2. The van der Waals surface area contributed by atoms with Crippen molar-refractivity contribution in [1.82, 2.24) is 0 Å². The fourth-order valence-corrected chi connectivity index (χ4v) is 6.42. The number of nitrogen functional groups attached to an aromatic ring is 2. The maximum Gasteiger partial charge on any atom is 0.299 e. The molecule has 0 atom stereocenters. The summed E-state index contributed by atoms with van der Waals surface area (Å²) in [5.41, 5.74) is 8.83. The van der Waals surface area contributed by atoms with Crippen molar-refractivity contribution in [3.8, 4) is 23.0 Å². The van der Waals surface area contributed by atoms with Crippen molar-refractivity contribution < 1.29 is 45.0 Å². The third-order valence-corrected chi connectivity index (χ3v) is 7.93. The number of anilines is 2. The van der Waals surface area contributed by atoms with Crippen molar-refractivity contribution >= 4 is 43.2 Å². The quantitative estimate of drug-likeness (QED) is 0.167. The summed E-state index contributed by atoms with van der Waals surface area (Å²) in [5, 5.41) is 0. The smallest absolute Gasteiger partial charge is 0.299 e. The number of benzene rings is 4. The first-order valence-corrected chi connectivity index (χ1v) is 14.1. The first-order chi connectivity index (χ1) is 18.8. The number of carbonyl (C=O) groups is 2. The number of rotatable bonds is 6. The van der Waals surface area contributed by atoms with Gasteiger partial charge in [0.25, 0.3) is 20.2 Å². The van der Waals surface area contributed by atoms with Gasteiger partial charge in [0.15, 0.2) is 22.2 Å². The Labute approximate surface area is 227 Å². The Kier molecular flexibility index (Phi) is 6.35. The summed E-state index contributed by atoms with van der Waals surface area (Å²) < 4.78 is 82.9. The number of carbonyl (C=O) groups excluding carboxylic acids is 2. The molecule has 0 spiro atoms. The van der Waals surface area contributed by atoms with Crippen LogP contribution in [-0.2, 0) is 20.2 Å². The lowest BCUT2D eigenvalue weighted by Gasteiger charge is -2.26. The summed E-state index contributed by atoms with van der Waals surface area (Å²) in [6.07, 6.45) is 0. The fraction of sp³-hybridized carbons (Fsp3) is 0. The van der Waals surface area contributed by atoms with Gasteiger partial charge in [0.2, 0.25) is 5.78 Å². The molecule has 14 heteroatoms. The molecule has 5 rings (SSSR count). The number of fused-ring (bicyclic) bond motifs is 2. The van der Waals surface area contributed by atoms with E-state index in [9.17, 15) is 35.5 Å². The summed E-state index contributed by atoms with van der Waals surface area (Å²) in [6.45, 7) is 0. The molecule has 0 radical (unpaired) electrons. The van der Waals surface area contributed by atoms with Crippen LogP contribution in [0.15, 0.2) is 82.6 Å². The summed E-state index contributed by atoms with van der Waals surface area (Å²) >= 11 is 0. The third-order valence-electron chi connectivity index (χ3n) is 5.97. The van der Waals surface area contributed by atoms with Crippen molar-refractivity contribution in [3.63, 3.8) is 0 Å². The van der Waals surface area contributed by atoms with Gasteiger partial charge in [-0.25, -0.2) is 0 Å². The van der Waals surface area contributed by atoms with Gasteiger partial charge >= 0.3 is 0 Å². The first kappa shape index (κ1) is 26.8. The predicted molar refractivity (Wildman–Crippen MR) is 141 cm³/mol.